The molecule has 3 aromatic rings. The molecule has 0 saturated carbocycles. The van der Waals surface area contributed by atoms with Crippen LogP contribution in [0.1, 0.15) is 16.2 Å². The van der Waals surface area contributed by atoms with Crippen LogP contribution in [0.25, 0.3) is 11.0 Å². The summed E-state index contributed by atoms with van der Waals surface area (Å²) in [6.45, 7) is -0.328. The first-order chi connectivity index (χ1) is 12.1. The van der Waals surface area contributed by atoms with E-state index in [0.717, 1.165) is 0 Å². The highest BCUT2D eigenvalue weighted by Crippen LogP contribution is 2.22. The normalized spacial score (nSPS) is 11.5. The van der Waals surface area contributed by atoms with Crippen molar-refractivity contribution in [2.45, 2.75) is 0 Å². The molecule has 0 aliphatic rings. The lowest BCUT2D eigenvalue weighted by Gasteiger charge is -2.05. The van der Waals surface area contributed by atoms with E-state index in [1.165, 1.54) is 7.11 Å². The van der Waals surface area contributed by atoms with Gasteiger partial charge in [-0.1, -0.05) is 22.4 Å². The van der Waals surface area contributed by atoms with E-state index in [1.807, 2.05) is 0 Å². The van der Waals surface area contributed by atoms with E-state index in [0.29, 0.717) is 27.0 Å². The summed E-state index contributed by atoms with van der Waals surface area (Å²) >= 11 is 3.29. The molecule has 0 aliphatic carbocycles. The standard InChI is InChI=1S/C16H13BrN4O4/c1-23-16-10(17)6-7-11(19-16)15(18)21-24-8-12(22)14-9-4-2-3-5-13(9)25-20-14/h2-7H,8H2,1H3,(H2,18,21). The maximum absolute atomic E-state index is 12.2. The molecule has 1 aromatic carbocycles. The average molecular weight is 405 g/mol. The van der Waals surface area contributed by atoms with Gasteiger partial charge in [0.15, 0.2) is 23.7 Å². The van der Waals surface area contributed by atoms with Gasteiger partial charge in [0.05, 0.1) is 17.0 Å². The molecular weight excluding hydrogens is 392 g/mol. The molecule has 0 saturated heterocycles. The number of methoxy groups -OCH3 is 1. The van der Waals surface area contributed by atoms with Crippen molar-refractivity contribution in [2.24, 2.45) is 10.9 Å². The Bertz CT molecular complexity index is 954. The summed E-state index contributed by atoms with van der Waals surface area (Å²) in [6.07, 6.45) is 0. The number of carbonyl (C=O) groups excluding carboxylic acids is 1. The maximum Gasteiger partial charge on any atom is 0.228 e. The van der Waals surface area contributed by atoms with Gasteiger partial charge >= 0.3 is 0 Å². The Balaban J connectivity index is 1.69. The van der Waals surface area contributed by atoms with Gasteiger partial charge in [-0.3, -0.25) is 4.79 Å². The van der Waals surface area contributed by atoms with Crippen molar-refractivity contribution in [3.63, 3.8) is 0 Å². The molecule has 0 atom stereocenters. The van der Waals surface area contributed by atoms with Gasteiger partial charge in [0.25, 0.3) is 0 Å². The number of benzene rings is 1. The highest BCUT2D eigenvalue weighted by atomic mass is 79.9. The number of aromatic nitrogens is 2. The van der Waals surface area contributed by atoms with Crippen molar-refractivity contribution in [3.05, 3.63) is 52.3 Å². The summed E-state index contributed by atoms with van der Waals surface area (Å²) in [5.41, 5.74) is 6.89. The second-order valence-corrected chi connectivity index (χ2v) is 5.74. The summed E-state index contributed by atoms with van der Waals surface area (Å²) in [5, 5.41) is 8.09. The topological polar surface area (TPSA) is 113 Å². The minimum atomic E-state index is -0.372. The molecule has 0 fully saturated rings. The lowest BCUT2D eigenvalue weighted by Crippen LogP contribution is -2.17. The number of ether oxygens (including phenoxy) is 1. The Labute approximate surface area is 150 Å². The molecule has 9 heteroatoms. The van der Waals surface area contributed by atoms with Gasteiger partial charge in [-0.05, 0) is 40.2 Å². The summed E-state index contributed by atoms with van der Waals surface area (Å²) in [6, 6.07) is 10.4. The van der Waals surface area contributed by atoms with Crippen molar-refractivity contribution >= 4 is 38.5 Å². The summed E-state index contributed by atoms with van der Waals surface area (Å²) in [4.78, 5) is 21.4. The highest BCUT2D eigenvalue weighted by molar-refractivity contribution is 9.10. The van der Waals surface area contributed by atoms with Gasteiger partial charge < -0.3 is 19.8 Å². The zero-order valence-electron chi connectivity index (χ0n) is 13.1. The van der Waals surface area contributed by atoms with Crippen molar-refractivity contribution in [1.29, 1.82) is 0 Å². The van der Waals surface area contributed by atoms with Gasteiger partial charge in [-0.25, -0.2) is 4.98 Å². The molecule has 0 spiro atoms. The van der Waals surface area contributed by atoms with Crippen LogP contribution in [-0.2, 0) is 4.84 Å². The number of amidine groups is 1. The fourth-order valence-electron chi connectivity index (χ4n) is 2.07. The number of para-hydroxylation sites is 1. The second kappa shape index (κ2) is 7.31. The Hall–Kier alpha value is -2.94. The number of Topliss-reactive ketones (excluding diaryl/α,β-unsaturated/α-hetero) is 1. The first kappa shape index (κ1) is 16.9. The number of fused-ring (bicyclic) bond motifs is 1. The van der Waals surface area contributed by atoms with E-state index in [4.69, 9.17) is 19.8 Å². The average Bonchev–Trinajstić information content (AvgIpc) is 3.06. The largest absolute Gasteiger partial charge is 0.480 e. The molecule has 2 N–H and O–H groups in total. The number of nitrogens with two attached hydrogens (primary N) is 1. The number of ketones is 1. The van der Waals surface area contributed by atoms with Gasteiger partial charge in [-0.2, -0.15) is 0 Å². The summed E-state index contributed by atoms with van der Waals surface area (Å²) in [7, 11) is 1.49. The predicted octanol–water partition coefficient (Wildman–Crippen LogP) is 2.51. The van der Waals surface area contributed by atoms with Crippen LogP contribution in [0.3, 0.4) is 0 Å². The number of nitrogens with zero attached hydrogens (tertiary/aromatic N) is 3. The van der Waals surface area contributed by atoms with Gasteiger partial charge in [-0.15, -0.1) is 0 Å². The zero-order chi connectivity index (χ0) is 17.8. The zero-order valence-corrected chi connectivity index (χ0v) is 14.7. The Morgan fingerprint density at radius 1 is 1.32 bits per heavy atom. The van der Waals surface area contributed by atoms with E-state index in [-0.39, 0.29) is 23.9 Å². The fraction of sp³-hybridized carbons (Fsp3) is 0.125. The smallest absolute Gasteiger partial charge is 0.228 e. The number of hydrogen-bond acceptors (Lipinski definition) is 7. The molecular formula is C16H13BrN4O4. The molecule has 3 rings (SSSR count). The first-order valence-corrected chi connectivity index (χ1v) is 7.93. The second-order valence-electron chi connectivity index (χ2n) is 4.89. The van der Waals surface area contributed by atoms with E-state index < -0.39 is 0 Å². The van der Waals surface area contributed by atoms with Crippen molar-refractivity contribution in [3.8, 4) is 5.88 Å². The fourth-order valence-corrected chi connectivity index (χ4v) is 2.45. The maximum atomic E-state index is 12.2. The van der Waals surface area contributed by atoms with Crippen LogP contribution in [0.15, 0.2) is 50.5 Å². The third-order valence-electron chi connectivity index (χ3n) is 3.27. The summed E-state index contributed by atoms with van der Waals surface area (Å²) in [5.74, 6) is 0.00671. The van der Waals surface area contributed by atoms with Crippen LogP contribution in [0, 0.1) is 0 Å². The van der Waals surface area contributed by atoms with E-state index in [9.17, 15) is 4.79 Å². The molecule has 0 amide bonds. The molecule has 25 heavy (non-hydrogen) atoms. The van der Waals surface area contributed by atoms with Crippen LogP contribution in [0.5, 0.6) is 5.88 Å². The van der Waals surface area contributed by atoms with Crippen LogP contribution in [0.4, 0.5) is 0 Å². The van der Waals surface area contributed by atoms with E-state index in [1.54, 1.807) is 36.4 Å². The Kier molecular flexibility index (Phi) is 4.94. The Morgan fingerprint density at radius 3 is 2.92 bits per heavy atom. The molecule has 0 aliphatic heterocycles. The predicted molar refractivity (Wildman–Crippen MR) is 93.5 cm³/mol. The number of oxime groups is 1. The SMILES string of the molecule is COc1nc(/C(N)=N/OCC(=O)c2noc3ccccc23)ccc1Br. The summed E-state index contributed by atoms with van der Waals surface area (Å²) < 4.78 is 10.9. The lowest BCUT2D eigenvalue weighted by molar-refractivity contribution is 0.0768. The van der Waals surface area contributed by atoms with Crippen LogP contribution >= 0.6 is 15.9 Å². The molecule has 2 aromatic heterocycles. The number of hydrogen-bond donors (Lipinski definition) is 1. The monoisotopic (exact) mass is 404 g/mol. The minimum Gasteiger partial charge on any atom is -0.480 e. The number of pyridine rings is 1. The number of carbonyl (C=O) groups is 1. The molecule has 2 heterocycles. The molecule has 0 radical (unpaired) electrons. The van der Waals surface area contributed by atoms with Crippen molar-refractivity contribution < 1.29 is 18.9 Å². The third kappa shape index (κ3) is 3.61. The third-order valence-corrected chi connectivity index (χ3v) is 3.87. The number of rotatable bonds is 6. The van der Waals surface area contributed by atoms with Crippen LogP contribution in [0.2, 0.25) is 0 Å². The van der Waals surface area contributed by atoms with Gasteiger partial charge in [0.2, 0.25) is 11.7 Å². The van der Waals surface area contributed by atoms with Gasteiger partial charge in [0, 0.05) is 0 Å². The molecule has 0 bridgehead atoms. The van der Waals surface area contributed by atoms with Crippen molar-refractivity contribution in [1.82, 2.24) is 10.1 Å². The molecule has 8 nitrogen and oxygen atoms in total. The van der Waals surface area contributed by atoms with Crippen LogP contribution in [-0.4, -0.2) is 35.5 Å². The van der Waals surface area contributed by atoms with Gasteiger partial charge in [0.1, 0.15) is 5.69 Å². The Morgan fingerprint density at radius 2 is 2.12 bits per heavy atom. The van der Waals surface area contributed by atoms with Crippen LogP contribution < -0.4 is 10.5 Å². The first-order valence-electron chi connectivity index (χ1n) is 7.14. The lowest BCUT2D eigenvalue weighted by atomic mass is 10.2. The quantitative estimate of drug-likeness (QED) is 0.290. The van der Waals surface area contributed by atoms with Crippen molar-refractivity contribution in [2.75, 3.05) is 13.7 Å². The molecule has 0 unspecified atom stereocenters. The molecule has 128 valence electrons. The highest BCUT2D eigenvalue weighted by Gasteiger charge is 2.16. The minimum absolute atomic E-state index is 0.0172. The van der Waals surface area contributed by atoms with E-state index >= 15 is 0 Å². The number of halogens is 1. The van der Waals surface area contributed by atoms with E-state index in [2.05, 4.69) is 31.2 Å².